The molecule has 0 aliphatic rings. The SMILES string of the molecule is COC(=O)CCCc1ccc(C(Cl)c2cccs2)cc1. The number of thiophene rings is 1. The van der Waals surface area contributed by atoms with Crippen LogP contribution in [0.25, 0.3) is 0 Å². The van der Waals surface area contributed by atoms with E-state index in [2.05, 4.69) is 29.0 Å². The first-order valence-corrected chi connectivity index (χ1v) is 7.85. The minimum Gasteiger partial charge on any atom is -0.469 e. The molecule has 1 unspecified atom stereocenters. The number of hydrogen-bond donors (Lipinski definition) is 0. The molecule has 0 saturated heterocycles. The van der Waals surface area contributed by atoms with Gasteiger partial charge in [-0.15, -0.1) is 22.9 Å². The van der Waals surface area contributed by atoms with Crippen LogP contribution in [-0.4, -0.2) is 13.1 Å². The van der Waals surface area contributed by atoms with Crippen molar-refractivity contribution in [1.82, 2.24) is 0 Å². The van der Waals surface area contributed by atoms with E-state index in [1.54, 1.807) is 11.3 Å². The average molecular weight is 309 g/mol. The van der Waals surface area contributed by atoms with Crippen molar-refractivity contribution < 1.29 is 9.53 Å². The Labute approximate surface area is 128 Å². The summed E-state index contributed by atoms with van der Waals surface area (Å²) >= 11 is 8.11. The van der Waals surface area contributed by atoms with E-state index in [4.69, 9.17) is 11.6 Å². The van der Waals surface area contributed by atoms with E-state index < -0.39 is 0 Å². The standard InChI is InChI=1S/C16H17ClO2S/c1-19-15(18)6-2-4-12-7-9-13(10-8-12)16(17)14-5-3-11-20-14/h3,5,7-11,16H,2,4,6H2,1H3. The average Bonchev–Trinajstić information content (AvgIpc) is 3.01. The summed E-state index contributed by atoms with van der Waals surface area (Å²) < 4.78 is 4.62. The van der Waals surface area contributed by atoms with Gasteiger partial charge in [0, 0.05) is 11.3 Å². The summed E-state index contributed by atoms with van der Waals surface area (Å²) in [6.45, 7) is 0. The fourth-order valence-electron chi connectivity index (χ4n) is 1.99. The smallest absolute Gasteiger partial charge is 0.305 e. The molecule has 106 valence electrons. The second-order valence-electron chi connectivity index (χ2n) is 4.55. The van der Waals surface area contributed by atoms with Gasteiger partial charge < -0.3 is 4.74 Å². The van der Waals surface area contributed by atoms with Crippen molar-refractivity contribution in [3.8, 4) is 0 Å². The molecule has 0 saturated carbocycles. The van der Waals surface area contributed by atoms with Gasteiger partial charge in [-0.05, 0) is 35.4 Å². The van der Waals surface area contributed by atoms with Crippen LogP contribution in [0.15, 0.2) is 41.8 Å². The molecule has 0 N–H and O–H groups in total. The maximum absolute atomic E-state index is 11.0. The zero-order chi connectivity index (χ0) is 14.4. The Morgan fingerprint density at radius 1 is 1.30 bits per heavy atom. The van der Waals surface area contributed by atoms with Crippen molar-refractivity contribution >= 4 is 28.9 Å². The predicted octanol–water partition coefficient (Wildman–Crippen LogP) is 4.57. The molecular formula is C16H17ClO2S. The van der Waals surface area contributed by atoms with Gasteiger partial charge in [0.2, 0.25) is 0 Å². The van der Waals surface area contributed by atoms with Gasteiger partial charge in [-0.3, -0.25) is 4.79 Å². The van der Waals surface area contributed by atoms with E-state index >= 15 is 0 Å². The molecule has 0 aliphatic heterocycles. The third-order valence-corrected chi connectivity index (χ3v) is 4.69. The molecule has 4 heteroatoms. The van der Waals surface area contributed by atoms with Gasteiger partial charge in [-0.1, -0.05) is 30.3 Å². The van der Waals surface area contributed by atoms with Crippen LogP contribution in [0.1, 0.15) is 34.2 Å². The van der Waals surface area contributed by atoms with Crippen LogP contribution >= 0.6 is 22.9 Å². The Morgan fingerprint density at radius 2 is 2.05 bits per heavy atom. The normalized spacial score (nSPS) is 12.1. The maximum Gasteiger partial charge on any atom is 0.305 e. The highest BCUT2D eigenvalue weighted by Gasteiger charge is 2.11. The molecule has 1 heterocycles. The van der Waals surface area contributed by atoms with Crippen molar-refractivity contribution in [2.75, 3.05) is 7.11 Å². The molecular weight excluding hydrogens is 292 g/mol. The molecule has 1 aromatic heterocycles. The summed E-state index contributed by atoms with van der Waals surface area (Å²) in [6, 6.07) is 12.3. The molecule has 20 heavy (non-hydrogen) atoms. The lowest BCUT2D eigenvalue weighted by molar-refractivity contribution is -0.140. The van der Waals surface area contributed by atoms with Gasteiger partial charge in [-0.25, -0.2) is 0 Å². The number of carbonyl (C=O) groups excluding carboxylic acids is 1. The topological polar surface area (TPSA) is 26.3 Å². The first-order valence-electron chi connectivity index (χ1n) is 6.54. The largest absolute Gasteiger partial charge is 0.469 e. The number of rotatable bonds is 6. The molecule has 0 fully saturated rings. The van der Waals surface area contributed by atoms with E-state index in [9.17, 15) is 4.79 Å². The number of methoxy groups -OCH3 is 1. The van der Waals surface area contributed by atoms with Crippen molar-refractivity contribution in [2.24, 2.45) is 0 Å². The van der Waals surface area contributed by atoms with Crippen LogP contribution in [0.4, 0.5) is 0 Å². The molecule has 0 radical (unpaired) electrons. The Morgan fingerprint density at radius 3 is 2.65 bits per heavy atom. The van der Waals surface area contributed by atoms with Gasteiger partial charge >= 0.3 is 5.97 Å². The summed E-state index contributed by atoms with van der Waals surface area (Å²) in [5.41, 5.74) is 2.32. The summed E-state index contributed by atoms with van der Waals surface area (Å²) in [5.74, 6) is -0.153. The highest BCUT2D eigenvalue weighted by atomic mass is 35.5. The van der Waals surface area contributed by atoms with E-state index in [1.807, 2.05) is 17.5 Å². The monoisotopic (exact) mass is 308 g/mol. The molecule has 2 aromatic rings. The van der Waals surface area contributed by atoms with Crippen molar-refractivity contribution in [1.29, 1.82) is 0 Å². The van der Waals surface area contributed by atoms with Gasteiger partial charge in [0.1, 0.15) is 0 Å². The molecule has 2 rings (SSSR count). The number of ether oxygens (including phenoxy) is 1. The lowest BCUT2D eigenvalue weighted by atomic mass is 10.0. The van der Waals surface area contributed by atoms with Gasteiger partial charge in [0.15, 0.2) is 0 Å². The number of hydrogen-bond acceptors (Lipinski definition) is 3. The number of carbonyl (C=O) groups is 1. The Balaban J connectivity index is 1.91. The van der Waals surface area contributed by atoms with Crippen LogP contribution in [-0.2, 0) is 16.0 Å². The van der Waals surface area contributed by atoms with Crippen molar-refractivity contribution in [3.63, 3.8) is 0 Å². The predicted molar refractivity (Wildman–Crippen MR) is 83.4 cm³/mol. The Bertz CT molecular complexity index is 534. The summed E-state index contributed by atoms with van der Waals surface area (Å²) in [6.07, 6.45) is 2.15. The van der Waals surface area contributed by atoms with Crippen LogP contribution in [0.5, 0.6) is 0 Å². The number of esters is 1. The lowest BCUT2D eigenvalue weighted by Crippen LogP contribution is -2.00. The van der Waals surface area contributed by atoms with Crippen LogP contribution < -0.4 is 0 Å². The molecule has 0 amide bonds. The first-order chi connectivity index (χ1) is 9.70. The number of aryl methyl sites for hydroxylation is 1. The zero-order valence-electron chi connectivity index (χ0n) is 11.3. The molecule has 0 spiro atoms. The van der Waals surface area contributed by atoms with Crippen molar-refractivity contribution in [3.05, 3.63) is 57.8 Å². The quantitative estimate of drug-likeness (QED) is 0.577. The molecule has 1 aromatic carbocycles. The minimum absolute atomic E-state index is 0.0841. The van der Waals surface area contributed by atoms with Crippen molar-refractivity contribution in [2.45, 2.75) is 24.6 Å². The van der Waals surface area contributed by atoms with Gasteiger partial charge in [-0.2, -0.15) is 0 Å². The number of alkyl halides is 1. The van der Waals surface area contributed by atoms with Gasteiger partial charge in [0.25, 0.3) is 0 Å². The molecule has 0 bridgehead atoms. The van der Waals surface area contributed by atoms with E-state index in [0.717, 1.165) is 23.3 Å². The third kappa shape index (κ3) is 4.09. The van der Waals surface area contributed by atoms with Crippen LogP contribution in [0, 0.1) is 0 Å². The number of halogens is 1. The van der Waals surface area contributed by atoms with Crippen LogP contribution in [0.3, 0.4) is 0 Å². The fraction of sp³-hybridized carbons (Fsp3) is 0.312. The minimum atomic E-state index is -0.153. The maximum atomic E-state index is 11.0. The number of benzene rings is 1. The second-order valence-corrected chi connectivity index (χ2v) is 5.96. The highest BCUT2D eigenvalue weighted by molar-refractivity contribution is 7.10. The highest BCUT2D eigenvalue weighted by Crippen LogP contribution is 2.31. The Hall–Kier alpha value is -1.32. The van der Waals surface area contributed by atoms with E-state index in [1.165, 1.54) is 12.7 Å². The van der Waals surface area contributed by atoms with E-state index in [-0.39, 0.29) is 11.3 Å². The van der Waals surface area contributed by atoms with E-state index in [0.29, 0.717) is 6.42 Å². The third-order valence-electron chi connectivity index (χ3n) is 3.14. The molecule has 2 nitrogen and oxygen atoms in total. The lowest BCUT2D eigenvalue weighted by Gasteiger charge is -2.09. The fourth-order valence-corrected chi connectivity index (χ4v) is 3.09. The van der Waals surface area contributed by atoms with Crippen LogP contribution in [0.2, 0.25) is 0 Å². The zero-order valence-corrected chi connectivity index (χ0v) is 12.9. The second kappa shape index (κ2) is 7.46. The summed E-state index contributed by atoms with van der Waals surface area (Å²) in [7, 11) is 1.42. The summed E-state index contributed by atoms with van der Waals surface area (Å²) in [5, 5.41) is 1.95. The Kier molecular flexibility index (Phi) is 5.62. The molecule has 1 atom stereocenters. The van der Waals surface area contributed by atoms with Gasteiger partial charge in [0.05, 0.1) is 12.5 Å². The first kappa shape index (κ1) is 15.1. The molecule has 0 aliphatic carbocycles. The summed E-state index contributed by atoms with van der Waals surface area (Å²) in [4.78, 5) is 12.2.